The third-order valence-corrected chi connectivity index (χ3v) is 5.04. The third kappa shape index (κ3) is 5.62. The Hall–Kier alpha value is -2.24. The maximum absolute atomic E-state index is 12.4. The van der Waals surface area contributed by atoms with Crippen LogP contribution >= 0.6 is 11.6 Å². The molecule has 144 valence electrons. The molecule has 5 nitrogen and oxygen atoms in total. The van der Waals surface area contributed by atoms with Gasteiger partial charge >= 0.3 is 0 Å². The van der Waals surface area contributed by atoms with Crippen molar-refractivity contribution in [3.8, 4) is 5.75 Å². The first-order valence-electron chi connectivity index (χ1n) is 9.27. The Morgan fingerprint density at radius 2 is 1.85 bits per heavy atom. The van der Waals surface area contributed by atoms with Crippen molar-refractivity contribution in [2.75, 3.05) is 44.7 Å². The van der Waals surface area contributed by atoms with Crippen molar-refractivity contribution in [2.24, 2.45) is 0 Å². The van der Waals surface area contributed by atoms with E-state index in [2.05, 4.69) is 16.3 Å². The van der Waals surface area contributed by atoms with E-state index in [-0.39, 0.29) is 5.91 Å². The van der Waals surface area contributed by atoms with Crippen LogP contribution in [-0.2, 0) is 11.3 Å². The number of rotatable bonds is 7. The van der Waals surface area contributed by atoms with Gasteiger partial charge in [0, 0.05) is 56.4 Å². The summed E-state index contributed by atoms with van der Waals surface area (Å²) in [4.78, 5) is 16.6. The van der Waals surface area contributed by atoms with Gasteiger partial charge < -0.3 is 19.9 Å². The van der Waals surface area contributed by atoms with Gasteiger partial charge in [-0.15, -0.1) is 0 Å². The fourth-order valence-electron chi connectivity index (χ4n) is 3.22. The monoisotopic (exact) mass is 387 g/mol. The summed E-state index contributed by atoms with van der Waals surface area (Å²) in [5.41, 5.74) is 2.30. The topological polar surface area (TPSA) is 44.8 Å². The number of ether oxygens (including phenoxy) is 1. The fourth-order valence-corrected chi connectivity index (χ4v) is 3.40. The van der Waals surface area contributed by atoms with Gasteiger partial charge in [-0.3, -0.25) is 4.79 Å². The Kier molecular flexibility index (Phi) is 6.96. The van der Waals surface area contributed by atoms with Gasteiger partial charge in [-0.1, -0.05) is 29.8 Å². The summed E-state index contributed by atoms with van der Waals surface area (Å²) >= 11 is 6.07. The van der Waals surface area contributed by atoms with Gasteiger partial charge in [0.25, 0.3) is 0 Å². The van der Waals surface area contributed by atoms with E-state index in [1.165, 1.54) is 5.56 Å². The zero-order valence-electron chi connectivity index (χ0n) is 15.7. The summed E-state index contributed by atoms with van der Waals surface area (Å²) < 4.78 is 5.15. The number of anilines is 1. The normalized spacial score (nSPS) is 14.3. The van der Waals surface area contributed by atoms with E-state index in [0.29, 0.717) is 13.0 Å². The minimum atomic E-state index is 0.211. The largest absolute Gasteiger partial charge is 0.497 e. The predicted molar refractivity (Wildman–Crippen MR) is 110 cm³/mol. The summed E-state index contributed by atoms with van der Waals surface area (Å²) in [6.45, 7) is 4.61. The van der Waals surface area contributed by atoms with Crippen LogP contribution in [0.2, 0.25) is 5.02 Å². The maximum Gasteiger partial charge on any atom is 0.223 e. The predicted octanol–water partition coefficient (Wildman–Crippen LogP) is 3.18. The first-order chi connectivity index (χ1) is 13.2. The van der Waals surface area contributed by atoms with E-state index in [0.717, 1.165) is 49.2 Å². The van der Waals surface area contributed by atoms with E-state index in [9.17, 15) is 4.79 Å². The van der Waals surface area contributed by atoms with Gasteiger partial charge in [0.2, 0.25) is 5.91 Å². The second-order valence-electron chi connectivity index (χ2n) is 6.62. The molecule has 0 spiro atoms. The van der Waals surface area contributed by atoms with E-state index in [4.69, 9.17) is 16.3 Å². The Morgan fingerprint density at radius 1 is 1.11 bits per heavy atom. The van der Waals surface area contributed by atoms with Crippen molar-refractivity contribution >= 4 is 23.2 Å². The number of hydrogen-bond acceptors (Lipinski definition) is 4. The van der Waals surface area contributed by atoms with Crippen LogP contribution in [0.15, 0.2) is 48.5 Å². The van der Waals surface area contributed by atoms with Gasteiger partial charge in [-0.2, -0.15) is 0 Å². The molecule has 1 heterocycles. The molecule has 0 unspecified atom stereocenters. The molecule has 1 fully saturated rings. The lowest BCUT2D eigenvalue weighted by molar-refractivity contribution is -0.131. The summed E-state index contributed by atoms with van der Waals surface area (Å²) in [6, 6.07) is 15.8. The summed E-state index contributed by atoms with van der Waals surface area (Å²) in [5, 5.41) is 4.08. The van der Waals surface area contributed by atoms with Crippen LogP contribution in [0.4, 0.5) is 5.69 Å². The zero-order valence-corrected chi connectivity index (χ0v) is 16.4. The fraction of sp³-hybridized carbons (Fsp3) is 0.381. The number of hydrogen-bond donors (Lipinski definition) is 1. The van der Waals surface area contributed by atoms with E-state index in [1.807, 2.05) is 47.4 Å². The number of nitrogens with zero attached hydrogens (tertiary/aromatic N) is 2. The molecule has 0 radical (unpaired) electrons. The van der Waals surface area contributed by atoms with Crippen LogP contribution in [0.1, 0.15) is 12.0 Å². The highest BCUT2D eigenvalue weighted by atomic mass is 35.5. The van der Waals surface area contributed by atoms with Crippen LogP contribution in [0.3, 0.4) is 0 Å². The maximum atomic E-state index is 12.4. The van der Waals surface area contributed by atoms with Gasteiger partial charge in [0.1, 0.15) is 5.75 Å². The van der Waals surface area contributed by atoms with Crippen LogP contribution < -0.4 is 15.0 Å². The van der Waals surface area contributed by atoms with Crippen molar-refractivity contribution in [3.63, 3.8) is 0 Å². The van der Waals surface area contributed by atoms with Gasteiger partial charge in [0.05, 0.1) is 7.11 Å². The van der Waals surface area contributed by atoms with E-state index >= 15 is 0 Å². The number of carbonyl (C=O) groups is 1. The molecule has 1 N–H and O–H groups in total. The molecule has 0 saturated carbocycles. The first-order valence-corrected chi connectivity index (χ1v) is 9.65. The van der Waals surface area contributed by atoms with E-state index in [1.54, 1.807) is 7.11 Å². The average molecular weight is 388 g/mol. The number of nitrogens with one attached hydrogen (secondary N) is 1. The molecule has 0 bridgehead atoms. The van der Waals surface area contributed by atoms with Gasteiger partial charge in [0.15, 0.2) is 0 Å². The van der Waals surface area contributed by atoms with Crippen LogP contribution in [0.5, 0.6) is 5.75 Å². The molecule has 1 aliphatic rings. The number of methoxy groups -OCH3 is 1. The second-order valence-corrected chi connectivity index (χ2v) is 7.06. The molecular formula is C21H26ClN3O2. The summed E-state index contributed by atoms with van der Waals surface area (Å²) in [5.74, 6) is 1.06. The molecule has 1 aliphatic heterocycles. The smallest absolute Gasteiger partial charge is 0.223 e. The molecule has 1 saturated heterocycles. The van der Waals surface area contributed by atoms with Crippen molar-refractivity contribution in [1.29, 1.82) is 0 Å². The molecule has 0 atom stereocenters. The number of benzene rings is 2. The lowest BCUT2D eigenvalue weighted by Crippen LogP contribution is -2.49. The highest BCUT2D eigenvalue weighted by Crippen LogP contribution is 2.21. The van der Waals surface area contributed by atoms with E-state index < -0.39 is 0 Å². The van der Waals surface area contributed by atoms with Gasteiger partial charge in [-0.25, -0.2) is 0 Å². The van der Waals surface area contributed by atoms with Crippen molar-refractivity contribution < 1.29 is 9.53 Å². The van der Waals surface area contributed by atoms with Crippen molar-refractivity contribution in [2.45, 2.75) is 13.0 Å². The van der Waals surface area contributed by atoms with Crippen LogP contribution in [0, 0.1) is 0 Å². The lowest BCUT2D eigenvalue weighted by Gasteiger charge is -2.36. The number of amides is 1. The SMILES string of the molecule is COc1ccc(CNCCC(=O)N2CCN(c3cccc(Cl)c3)CC2)cc1. The zero-order chi connectivity index (χ0) is 19.1. The molecule has 27 heavy (non-hydrogen) atoms. The number of carbonyl (C=O) groups excluding carboxylic acids is 1. The average Bonchev–Trinajstić information content (AvgIpc) is 2.71. The summed E-state index contributed by atoms with van der Waals surface area (Å²) in [6.07, 6.45) is 0.521. The number of piperazine rings is 1. The third-order valence-electron chi connectivity index (χ3n) is 4.81. The molecule has 0 aliphatic carbocycles. The highest BCUT2D eigenvalue weighted by Gasteiger charge is 2.20. The minimum Gasteiger partial charge on any atom is -0.497 e. The summed E-state index contributed by atoms with van der Waals surface area (Å²) in [7, 11) is 1.66. The minimum absolute atomic E-state index is 0.211. The highest BCUT2D eigenvalue weighted by molar-refractivity contribution is 6.30. The molecule has 2 aromatic rings. The Labute approximate surface area is 165 Å². The molecule has 0 aromatic heterocycles. The molecule has 2 aromatic carbocycles. The molecule has 1 amide bonds. The van der Waals surface area contributed by atoms with Crippen LogP contribution in [0.25, 0.3) is 0 Å². The van der Waals surface area contributed by atoms with Crippen molar-refractivity contribution in [3.05, 3.63) is 59.1 Å². The molecule has 3 rings (SSSR count). The Bertz CT molecular complexity index is 743. The molecule has 6 heteroatoms. The lowest BCUT2D eigenvalue weighted by atomic mass is 10.2. The Morgan fingerprint density at radius 3 is 2.52 bits per heavy atom. The van der Waals surface area contributed by atoms with Crippen molar-refractivity contribution in [1.82, 2.24) is 10.2 Å². The second kappa shape index (κ2) is 9.62. The Balaban J connectivity index is 1.36. The van der Waals surface area contributed by atoms with Crippen LogP contribution in [-0.4, -0.2) is 50.6 Å². The number of halogens is 1. The quantitative estimate of drug-likeness (QED) is 0.741. The standard InChI is InChI=1S/C21H26ClN3O2/c1-27-20-7-5-17(6-8-20)16-23-10-9-21(26)25-13-11-24(12-14-25)19-4-2-3-18(22)15-19/h2-8,15,23H,9-14,16H2,1H3. The van der Waals surface area contributed by atoms with Gasteiger partial charge in [-0.05, 0) is 35.9 Å². The first kappa shape index (κ1) is 19.5. The molecular weight excluding hydrogens is 362 g/mol.